The number of aryl methyl sites for hydroxylation is 1. The van der Waals surface area contributed by atoms with Gasteiger partial charge in [-0.15, -0.1) is 0 Å². The van der Waals surface area contributed by atoms with E-state index in [-0.39, 0.29) is 5.78 Å². The summed E-state index contributed by atoms with van der Waals surface area (Å²) >= 11 is 0. The number of nitrogens with zero attached hydrogens (tertiary/aromatic N) is 1. The van der Waals surface area contributed by atoms with E-state index in [4.69, 9.17) is 0 Å². The third-order valence-corrected chi connectivity index (χ3v) is 3.44. The molecule has 0 saturated heterocycles. The van der Waals surface area contributed by atoms with Gasteiger partial charge in [0.2, 0.25) is 0 Å². The monoisotopic (exact) mass is 249 g/mol. The lowest BCUT2D eigenvalue weighted by molar-refractivity contribution is 0.100. The molecule has 2 heteroatoms. The first-order valence-corrected chi connectivity index (χ1v) is 7.41. The van der Waals surface area contributed by atoms with Crippen molar-refractivity contribution in [3.05, 3.63) is 24.0 Å². The van der Waals surface area contributed by atoms with E-state index >= 15 is 0 Å². The maximum absolute atomic E-state index is 11.3. The first kappa shape index (κ1) is 15.0. The van der Waals surface area contributed by atoms with E-state index in [1.165, 1.54) is 51.4 Å². The number of carbonyl (C=O) groups excluding carboxylic acids is 1. The van der Waals surface area contributed by atoms with E-state index in [1.807, 2.05) is 18.3 Å². The second-order valence-corrected chi connectivity index (χ2v) is 5.12. The Morgan fingerprint density at radius 3 is 2.28 bits per heavy atom. The smallest absolute Gasteiger partial charge is 0.176 e. The van der Waals surface area contributed by atoms with Crippen molar-refractivity contribution in [2.45, 2.75) is 71.8 Å². The van der Waals surface area contributed by atoms with Crippen LogP contribution in [0.15, 0.2) is 18.3 Å². The highest BCUT2D eigenvalue weighted by molar-refractivity contribution is 5.92. The third kappa shape index (κ3) is 5.52. The molecule has 0 atom stereocenters. The molecular weight excluding hydrogens is 222 g/mol. The fourth-order valence-corrected chi connectivity index (χ4v) is 2.34. The summed E-state index contributed by atoms with van der Waals surface area (Å²) in [5, 5.41) is 0. The third-order valence-electron chi connectivity index (χ3n) is 3.44. The first-order valence-electron chi connectivity index (χ1n) is 7.41. The Bertz CT molecular complexity index is 341. The minimum atomic E-state index is 0.166. The van der Waals surface area contributed by atoms with Crippen LogP contribution in [0.4, 0.5) is 0 Å². The molecule has 0 unspecified atom stereocenters. The minimum absolute atomic E-state index is 0.166. The predicted octanol–water partition coefficient (Wildman–Crippen LogP) is 4.83. The molecule has 18 heavy (non-hydrogen) atoms. The number of rotatable bonds is 10. The number of ketones is 1. The summed E-state index contributed by atoms with van der Waals surface area (Å²) in [6.07, 6.45) is 12.7. The molecule has 2 nitrogen and oxygen atoms in total. The maximum atomic E-state index is 11.3. The molecule has 0 aliphatic rings. The number of unbranched alkanes of at least 4 members (excludes halogenated alkanes) is 7. The van der Waals surface area contributed by atoms with E-state index in [9.17, 15) is 4.79 Å². The predicted molar refractivity (Wildman–Crippen MR) is 77.0 cm³/mol. The number of hydrogen-bond acceptors (Lipinski definition) is 1. The summed E-state index contributed by atoms with van der Waals surface area (Å²) in [7, 11) is 0. The highest BCUT2D eigenvalue weighted by atomic mass is 16.1. The van der Waals surface area contributed by atoms with E-state index < -0.39 is 0 Å². The Labute approximate surface area is 111 Å². The minimum Gasteiger partial charge on any atom is -0.345 e. The van der Waals surface area contributed by atoms with Crippen LogP contribution in [0.5, 0.6) is 0 Å². The lowest BCUT2D eigenvalue weighted by atomic mass is 10.1. The highest BCUT2D eigenvalue weighted by Gasteiger charge is 2.04. The molecule has 1 aromatic heterocycles. The summed E-state index contributed by atoms with van der Waals surface area (Å²) in [6, 6.07) is 3.87. The average molecular weight is 249 g/mol. The Kier molecular flexibility index (Phi) is 7.47. The Morgan fingerprint density at radius 1 is 1.06 bits per heavy atom. The van der Waals surface area contributed by atoms with Crippen molar-refractivity contribution in [1.29, 1.82) is 0 Å². The van der Waals surface area contributed by atoms with E-state index in [0.717, 1.165) is 12.2 Å². The Balaban J connectivity index is 2.07. The van der Waals surface area contributed by atoms with Crippen molar-refractivity contribution in [3.63, 3.8) is 0 Å². The molecule has 0 N–H and O–H groups in total. The quantitative estimate of drug-likeness (QED) is 0.430. The van der Waals surface area contributed by atoms with Crippen molar-refractivity contribution in [1.82, 2.24) is 4.57 Å². The SMILES string of the molecule is CCCCCCCCCCn1cccc1C(C)=O. The number of Topliss-reactive ketones (excluding diaryl/α,β-unsaturated/α-hetero) is 1. The van der Waals surface area contributed by atoms with Gasteiger partial charge in [0.15, 0.2) is 5.78 Å². The molecule has 0 saturated carbocycles. The Hall–Kier alpha value is -1.05. The normalized spacial score (nSPS) is 10.8. The Morgan fingerprint density at radius 2 is 1.67 bits per heavy atom. The molecule has 0 amide bonds. The summed E-state index contributed by atoms with van der Waals surface area (Å²) in [5.74, 6) is 0.166. The molecule has 0 bridgehead atoms. The topological polar surface area (TPSA) is 22.0 Å². The average Bonchev–Trinajstić information content (AvgIpc) is 2.81. The van der Waals surface area contributed by atoms with Gasteiger partial charge in [0, 0.05) is 19.7 Å². The maximum Gasteiger partial charge on any atom is 0.176 e. The van der Waals surface area contributed by atoms with Gasteiger partial charge in [-0.1, -0.05) is 51.9 Å². The lowest BCUT2D eigenvalue weighted by Crippen LogP contribution is -2.05. The van der Waals surface area contributed by atoms with Gasteiger partial charge in [-0.05, 0) is 18.6 Å². The molecule has 0 radical (unpaired) electrons. The molecule has 102 valence electrons. The zero-order chi connectivity index (χ0) is 13.2. The van der Waals surface area contributed by atoms with Crippen molar-refractivity contribution < 1.29 is 4.79 Å². The molecular formula is C16H27NO. The molecule has 0 aromatic carbocycles. The molecule has 1 heterocycles. The van der Waals surface area contributed by atoms with Crippen LogP contribution in [-0.4, -0.2) is 10.4 Å². The standard InChI is InChI=1S/C16H27NO/c1-3-4-5-6-7-8-9-10-13-17-14-11-12-16(17)15(2)18/h11-12,14H,3-10,13H2,1-2H3. The van der Waals surface area contributed by atoms with Crippen LogP contribution in [0.2, 0.25) is 0 Å². The molecule has 0 aliphatic heterocycles. The van der Waals surface area contributed by atoms with Crippen LogP contribution in [0.1, 0.15) is 75.7 Å². The molecule has 1 rings (SSSR count). The van der Waals surface area contributed by atoms with E-state index in [1.54, 1.807) is 6.92 Å². The van der Waals surface area contributed by atoms with E-state index in [2.05, 4.69) is 11.5 Å². The number of carbonyl (C=O) groups is 1. The summed E-state index contributed by atoms with van der Waals surface area (Å²) in [5.41, 5.74) is 0.845. The fraction of sp³-hybridized carbons (Fsp3) is 0.688. The molecule has 1 aromatic rings. The summed E-state index contributed by atoms with van der Waals surface area (Å²) in [6.45, 7) is 4.88. The van der Waals surface area contributed by atoms with Gasteiger partial charge >= 0.3 is 0 Å². The second kappa shape index (κ2) is 8.96. The van der Waals surface area contributed by atoms with Gasteiger partial charge in [-0.2, -0.15) is 0 Å². The van der Waals surface area contributed by atoms with Gasteiger partial charge in [0.05, 0.1) is 5.69 Å². The largest absolute Gasteiger partial charge is 0.345 e. The zero-order valence-electron chi connectivity index (χ0n) is 12.0. The van der Waals surface area contributed by atoms with Gasteiger partial charge in [-0.25, -0.2) is 0 Å². The van der Waals surface area contributed by atoms with Crippen LogP contribution in [0.25, 0.3) is 0 Å². The number of hydrogen-bond donors (Lipinski definition) is 0. The van der Waals surface area contributed by atoms with Crippen LogP contribution >= 0.6 is 0 Å². The molecule has 0 spiro atoms. The van der Waals surface area contributed by atoms with Crippen LogP contribution in [0.3, 0.4) is 0 Å². The molecule has 0 fully saturated rings. The zero-order valence-corrected chi connectivity index (χ0v) is 12.0. The van der Waals surface area contributed by atoms with Crippen LogP contribution in [-0.2, 0) is 6.54 Å². The highest BCUT2D eigenvalue weighted by Crippen LogP contribution is 2.10. The van der Waals surface area contributed by atoms with Crippen molar-refractivity contribution >= 4 is 5.78 Å². The van der Waals surface area contributed by atoms with Crippen LogP contribution in [0, 0.1) is 0 Å². The lowest BCUT2D eigenvalue weighted by Gasteiger charge is -2.06. The van der Waals surface area contributed by atoms with Crippen molar-refractivity contribution in [2.75, 3.05) is 0 Å². The first-order chi connectivity index (χ1) is 8.75. The van der Waals surface area contributed by atoms with Crippen LogP contribution < -0.4 is 0 Å². The number of aromatic nitrogens is 1. The second-order valence-electron chi connectivity index (χ2n) is 5.12. The van der Waals surface area contributed by atoms with Crippen molar-refractivity contribution in [3.8, 4) is 0 Å². The van der Waals surface area contributed by atoms with Gasteiger partial charge < -0.3 is 4.57 Å². The van der Waals surface area contributed by atoms with Crippen molar-refractivity contribution in [2.24, 2.45) is 0 Å². The fourth-order valence-electron chi connectivity index (χ4n) is 2.34. The van der Waals surface area contributed by atoms with Gasteiger partial charge in [-0.3, -0.25) is 4.79 Å². The molecule has 0 aliphatic carbocycles. The van der Waals surface area contributed by atoms with Gasteiger partial charge in [0.1, 0.15) is 0 Å². The van der Waals surface area contributed by atoms with E-state index in [0.29, 0.717) is 0 Å². The van der Waals surface area contributed by atoms with Gasteiger partial charge in [0.25, 0.3) is 0 Å². The summed E-state index contributed by atoms with van der Waals surface area (Å²) < 4.78 is 2.08. The summed E-state index contributed by atoms with van der Waals surface area (Å²) in [4.78, 5) is 11.3.